The number of carbonyl (C=O) groups excluding carboxylic acids is 1. The average molecular weight is 489 g/mol. The van der Waals surface area contributed by atoms with Crippen molar-refractivity contribution >= 4 is 17.5 Å². The molecule has 4 rings (SSSR count). The van der Waals surface area contributed by atoms with Crippen LogP contribution in [0.5, 0.6) is 5.75 Å². The van der Waals surface area contributed by atoms with E-state index in [1.54, 1.807) is 18.3 Å². The zero-order chi connectivity index (χ0) is 25.5. The van der Waals surface area contributed by atoms with E-state index in [4.69, 9.17) is 9.47 Å². The Morgan fingerprint density at radius 2 is 1.72 bits per heavy atom. The first-order valence-corrected chi connectivity index (χ1v) is 12.5. The highest BCUT2D eigenvalue weighted by molar-refractivity contribution is 5.94. The number of hydrogen-bond acceptors (Lipinski definition) is 7. The van der Waals surface area contributed by atoms with Crippen molar-refractivity contribution in [1.29, 1.82) is 0 Å². The SMILES string of the molecule is CC(C)OC(=O)c1cccnc1N1CCN(Cc2ccc(OCc3cccc(N(C)C)c3)cc2)CC1. The fourth-order valence-electron chi connectivity index (χ4n) is 4.24. The molecule has 7 heteroatoms. The van der Waals surface area contributed by atoms with Gasteiger partial charge in [-0.25, -0.2) is 9.78 Å². The van der Waals surface area contributed by atoms with Crippen molar-refractivity contribution in [2.75, 3.05) is 50.1 Å². The van der Waals surface area contributed by atoms with Gasteiger partial charge in [-0.15, -0.1) is 0 Å². The van der Waals surface area contributed by atoms with Crippen LogP contribution in [0.15, 0.2) is 66.9 Å². The zero-order valence-corrected chi connectivity index (χ0v) is 21.7. The number of esters is 1. The van der Waals surface area contributed by atoms with E-state index in [9.17, 15) is 4.79 Å². The lowest BCUT2D eigenvalue weighted by molar-refractivity contribution is 0.0378. The molecule has 1 saturated heterocycles. The molecular formula is C29H36N4O3. The zero-order valence-electron chi connectivity index (χ0n) is 21.7. The predicted molar refractivity (Wildman–Crippen MR) is 144 cm³/mol. The second-order valence-corrected chi connectivity index (χ2v) is 9.59. The van der Waals surface area contributed by atoms with Gasteiger partial charge in [-0.2, -0.15) is 0 Å². The number of ether oxygens (including phenoxy) is 2. The highest BCUT2D eigenvalue weighted by atomic mass is 16.5. The van der Waals surface area contributed by atoms with Gasteiger partial charge in [-0.05, 0) is 61.4 Å². The Balaban J connectivity index is 1.28. The molecule has 0 N–H and O–H groups in total. The van der Waals surface area contributed by atoms with Gasteiger partial charge >= 0.3 is 5.97 Å². The minimum Gasteiger partial charge on any atom is -0.489 e. The molecule has 1 aliphatic heterocycles. The Morgan fingerprint density at radius 1 is 0.972 bits per heavy atom. The number of aromatic nitrogens is 1. The van der Waals surface area contributed by atoms with Crippen LogP contribution >= 0.6 is 0 Å². The number of hydrogen-bond donors (Lipinski definition) is 0. The molecule has 0 unspecified atom stereocenters. The molecule has 0 aliphatic carbocycles. The van der Waals surface area contributed by atoms with Crippen molar-refractivity contribution in [2.45, 2.75) is 33.1 Å². The van der Waals surface area contributed by atoms with Gasteiger partial charge in [0.05, 0.1) is 6.10 Å². The van der Waals surface area contributed by atoms with E-state index >= 15 is 0 Å². The molecule has 1 aromatic heterocycles. The molecule has 2 aromatic carbocycles. The predicted octanol–water partition coefficient (Wildman–Crippen LogP) is 4.61. The van der Waals surface area contributed by atoms with Crippen LogP contribution in [0.1, 0.15) is 35.3 Å². The van der Waals surface area contributed by atoms with Gasteiger partial charge in [0.15, 0.2) is 0 Å². The van der Waals surface area contributed by atoms with Crippen molar-refractivity contribution in [3.8, 4) is 5.75 Å². The number of carbonyl (C=O) groups is 1. The number of nitrogens with zero attached hydrogens (tertiary/aromatic N) is 4. The van der Waals surface area contributed by atoms with Crippen LogP contribution in [-0.4, -0.2) is 62.2 Å². The van der Waals surface area contributed by atoms with Gasteiger partial charge in [0.1, 0.15) is 23.7 Å². The Bertz CT molecular complexity index is 1140. The lowest BCUT2D eigenvalue weighted by atomic mass is 10.1. The Kier molecular flexibility index (Phi) is 8.44. The van der Waals surface area contributed by atoms with Crippen LogP contribution in [0.2, 0.25) is 0 Å². The number of piperazine rings is 1. The molecule has 190 valence electrons. The van der Waals surface area contributed by atoms with E-state index in [1.807, 2.05) is 40.1 Å². The summed E-state index contributed by atoms with van der Waals surface area (Å²) in [5.74, 6) is 1.26. The van der Waals surface area contributed by atoms with Crippen LogP contribution in [0, 0.1) is 0 Å². The second kappa shape index (κ2) is 11.9. The summed E-state index contributed by atoms with van der Waals surface area (Å²) >= 11 is 0. The third-order valence-corrected chi connectivity index (χ3v) is 6.18. The summed E-state index contributed by atoms with van der Waals surface area (Å²) in [4.78, 5) is 23.7. The summed E-state index contributed by atoms with van der Waals surface area (Å²) in [5.41, 5.74) is 4.10. The number of rotatable bonds is 9. The monoisotopic (exact) mass is 488 g/mol. The summed E-state index contributed by atoms with van der Waals surface area (Å²) in [6.07, 6.45) is 1.57. The first-order chi connectivity index (χ1) is 17.4. The minimum atomic E-state index is -0.316. The number of anilines is 2. The smallest absolute Gasteiger partial charge is 0.342 e. The minimum absolute atomic E-state index is 0.159. The standard InChI is InChI=1S/C29H36N4O3/c1-22(2)36-29(34)27-9-6-14-30-28(27)33-17-15-32(16-18-33)20-23-10-12-26(13-11-23)35-21-24-7-5-8-25(19-24)31(3)4/h5-14,19,22H,15-18,20-21H2,1-4H3. The summed E-state index contributed by atoms with van der Waals surface area (Å²) in [6, 6.07) is 20.3. The molecule has 0 spiro atoms. The van der Waals surface area contributed by atoms with E-state index in [1.165, 1.54) is 11.3 Å². The normalized spacial score (nSPS) is 14.1. The van der Waals surface area contributed by atoms with E-state index in [2.05, 4.69) is 56.1 Å². The maximum atomic E-state index is 12.5. The molecule has 7 nitrogen and oxygen atoms in total. The van der Waals surface area contributed by atoms with E-state index < -0.39 is 0 Å². The Hall–Kier alpha value is -3.58. The van der Waals surface area contributed by atoms with Gasteiger partial charge in [0, 0.05) is 58.7 Å². The Labute approximate surface area is 214 Å². The summed E-state index contributed by atoms with van der Waals surface area (Å²) < 4.78 is 11.4. The topological polar surface area (TPSA) is 58.1 Å². The van der Waals surface area contributed by atoms with Crippen molar-refractivity contribution < 1.29 is 14.3 Å². The molecule has 1 fully saturated rings. The first-order valence-electron chi connectivity index (χ1n) is 12.5. The fraction of sp³-hybridized carbons (Fsp3) is 0.379. The van der Waals surface area contributed by atoms with Crippen LogP contribution in [0.4, 0.5) is 11.5 Å². The fourth-order valence-corrected chi connectivity index (χ4v) is 4.24. The van der Waals surface area contributed by atoms with Crippen LogP contribution < -0.4 is 14.5 Å². The molecule has 0 amide bonds. The van der Waals surface area contributed by atoms with E-state index in [-0.39, 0.29) is 12.1 Å². The van der Waals surface area contributed by atoms with Crippen molar-refractivity contribution in [3.05, 3.63) is 83.6 Å². The van der Waals surface area contributed by atoms with Crippen LogP contribution in [0.25, 0.3) is 0 Å². The second-order valence-electron chi connectivity index (χ2n) is 9.59. The van der Waals surface area contributed by atoms with Gasteiger partial charge in [-0.1, -0.05) is 24.3 Å². The number of benzene rings is 2. The van der Waals surface area contributed by atoms with Gasteiger partial charge in [0.2, 0.25) is 0 Å². The molecule has 2 heterocycles. The highest BCUT2D eigenvalue weighted by Gasteiger charge is 2.23. The van der Waals surface area contributed by atoms with Crippen molar-refractivity contribution in [3.63, 3.8) is 0 Å². The molecule has 36 heavy (non-hydrogen) atoms. The molecule has 3 aromatic rings. The third-order valence-electron chi connectivity index (χ3n) is 6.18. The molecular weight excluding hydrogens is 452 g/mol. The maximum absolute atomic E-state index is 12.5. The lowest BCUT2D eigenvalue weighted by Gasteiger charge is -2.36. The van der Waals surface area contributed by atoms with Crippen LogP contribution in [-0.2, 0) is 17.9 Å². The van der Waals surface area contributed by atoms with Crippen molar-refractivity contribution in [1.82, 2.24) is 9.88 Å². The van der Waals surface area contributed by atoms with Gasteiger partial charge in [-0.3, -0.25) is 4.90 Å². The maximum Gasteiger partial charge on any atom is 0.342 e. The molecule has 1 aliphatic rings. The Morgan fingerprint density at radius 3 is 2.42 bits per heavy atom. The molecule has 0 saturated carbocycles. The average Bonchev–Trinajstić information content (AvgIpc) is 2.88. The van der Waals surface area contributed by atoms with Gasteiger partial charge in [0.25, 0.3) is 0 Å². The summed E-state index contributed by atoms with van der Waals surface area (Å²) in [7, 11) is 4.08. The van der Waals surface area contributed by atoms with Gasteiger partial charge < -0.3 is 19.3 Å². The first kappa shape index (κ1) is 25.5. The van der Waals surface area contributed by atoms with E-state index in [0.29, 0.717) is 18.0 Å². The lowest BCUT2D eigenvalue weighted by Crippen LogP contribution is -2.46. The molecule has 0 bridgehead atoms. The summed E-state index contributed by atoms with van der Waals surface area (Å²) in [6.45, 7) is 8.56. The van der Waals surface area contributed by atoms with Crippen LogP contribution in [0.3, 0.4) is 0 Å². The highest BCUT2D eigenvalue weighted by Crippen LogP contribution is 2.22. The largest absolute Gasteiger partial charge is 0.489 e. The van der Waals surface area contributed by atoms with E-state index in [0.717, 1.165) is 44.0 Å². The van der Waals surface area contributed by atoms with Crippen molar-refractivity contribution in [2.24, 2.45) is 0 Å². The summed E-state index contributed by atoms with van der Waals surface area (Å²) in [5, 5.41) is 0. The quantitative estimate of drug-likeness (QED) is 0.408. The molecule has 0 radical (unpaired) electrons. The molecule has 0 atom stereocenters. The third kappa shape index (κ3) is 6.76. The number of pyridine rings is 1.